The van der Waals surface area contributed by atoms with Crippen LogP contribution in [-0.2, 0) is 4.79 Å². The van der Waals surface area contributed by atoms with Crippen LogP contribution in [-0.4, -0.2) is 39.1 Å². The van der Waals surface area contributed by atoms with Gasteiger partial charge in [0.05, 0.1) is 28.2 Å². The minimum atomic E-state index is -0.571. The highest BCUT2D eigenvalue weighted by Gasteiger charge is 2.33. The normalized spacial score (nSPS) is 16.3. The van der Waals surface area contributed by atoms with Gasteiger partial charge in [-0.15, -0.1) is 0 Å². The molecule has 1 fully saturated rings. The number of piperidine rings is 1. The summed E-state index contributed by atoms with van der Waals surface area (Å²) in [5.74, 6) is -0.470. The average Bonchev–Trinajstić information content (AvgIpc) is 3.26. The van der Waals surface area contributed by atoms with E-state index >= 15 is 0 Å². The molecule has 1 unspecified atom stereocenters. The molecule has 4 rings (SSSR count). The maximum absolute atomic E-state index is 13.2. The Balaban J connectivity index is 1.52. The van der Waals surface area contributed by atoms with Crippen molar-refractivity contribution in [3.05, 3.63) is 76.5 Å². The Kier molecular flexibility index (Phi) is 6.06. The van der Waals surface area contributed by atoms with E-state index in [1.807, 2.05) is 30.3 Å². The number of anilines is 1. The number of nitrogens with zero attached hydrogens (tertiary/aromatic N) is 3. The SMILES string of the molecule is O=C(Nc1ccc(Cl)cc1Cl)C1CCCCN1C(=O)c1cnn(-c2ccccc2)c1. The maximum Gasteiger partial charge on any atom is 0.257 e. The molecule has 0 radical (unpaired) electrons. The predicted octanol–water partition coefficient (Wildman–Crippen LogP) is 4.81. The summed E-state index contributed by atoms with van der Waals surface area (Å²) in [7, 11) is 0. The van der Waals surface area contributed by atoms with Gasteiger partial charge in [-0.25, -0.2) is 4.68 Å². The largest absolute Gasteiger partial charge is 0.327 e. The molecule has 0 bridgehead atoms. The summed E-state index contributed by atoms with van der Waals surface area (Å²) in [6, 6.07) is 13.9. The summed E-state index contributed by atoms with van der Waals surface area (Å²) in [6.07, 6.45) is 5.55. The van der Waals surface area contributed by atoms with Gasteiger partial charge < -0.3 is 10.2 Å². The van der Waals surface area contributed by atoms with Crippen LogP contribution in [0.1, 0.15) is 29.6 Å². The number of likely N-dealkylation sites (tertiary alicyclic amines) is 1. The number of nitrogens with one attached hydrogen (secondary N) is 1. The fourth-order valence-corrected chi connectivity index (χ4v) is 4.03. The lowest BCUT2D eigenvalue weighted by Gasteiger charge is -2.34. The van der Waals surface area contributed by atoms with Gasteiger partial charge in [0, 0.05) is 17.8 Å². The second-order valence-corrected chi connectivity index (χ2v) is 7.98. The first-order chi connectivity index (χ1) is 14.5. The third-order valence-electron chi connectivity index (χ3n) is 5.11. The monoisotopic (exact) mass is 442 g/mol. The maximum atomic E-state index is 13.2. The van der Waals surface area contributed by atoms with Crippen molar-refractivity contribution in [3.8, 4) is 5.69 Å². The molecule has 1 aliphatic heterocycles. The van der Waals surface area contributed by atoms with E-state index in [-0.39, 0.29) is 11.8 Å². The van der Waals surface area contributed by atoms with Gasteiger partial charge in [0.1, 0.15) is 6.04 Å². The van der Waals surface area contributed by atoms with Crippen molar-refractivity contribution in [1.29, 1.82) is 0 Å². The fourth-order valence-electron chi connectivity index (χ4n) is 3.58. The van der Waals surface area contributed by atoms with Crippen LogP contribution in [0.3, 0.4) is 0 Å². The van der Waals surface area contributed by atoms with Crippen LogP contribution < -0.4 is 5.32 Å². The number of hydrogen-bond acceptors (Lipinski definition) is 3. The summed E-state index contributed by atoms with van der Waals surface area (Å²) in [4.78, 5) is 27.8. The minimum absolute atomic E-state index is 0.209. The predicted molar refractivity (Wildman–Crippen MR) is 117 cm³/mol. The zero-order chi connectivity index (χ0) is 21.1. The number of halogens is 2. The van der Waals surface area contributed by atoms with E-state index in [1.165, 1.54) is 6.20 Å². The number of hydrogen-bond donors (Lipinski definition) is 1. The van der Waals surface area contributed by atoms with Gasteiger partial charge in [-0.05, 0) is 49.6 Å². The van der Waals surface area contributed by atoms with Gasteiger partial charge in [0.2, 0.25) is 5.91 Å². The van der Waals surface area contributed by atoms with E-state index in [9.17, 15) is 9.59 Å². The minimum Gasteiger partial charge on any atom is -0.327 e. The van der Waals surface area contributed by atoms with Gasteiger partial charge in [-0.2, -0.15) is 5.10 Å². The van der Waals surface area contributed by atoms with E-state index < -0.39 is 6.04 Å². The topological polar surface area (TPSA) is 67.2 Å². The molecule has 1 saturated heterocycles. The number of amides is 2. The lowest BCUT2D eigenvalue weighted by molar-refractivity contribution is -0.121. The molecule has 2 amide bonds. The van der Waals surface area contributed by atoms with Crippen molar-refractivity contribution in [3.63, 3.8) is 0 Å². The van der Waals surface area contributed by atoms with Crippen LogP contribution in [0.5, 0.6) is 0 Å². The molecule has 8 heteroatoms. The number of benzene rings is 2. The molecule has 154 valence electrons. The van der Waals surface area contributed by atoms with Crippen LogP contribution in [0.25, 0.3) is 5.69 Å². The third-order valence-corrected chi connectivity index (χ3v) is 5.65. The molecule has 1 aromatic heterocycles. The number of aromatic nitrogens is 2. The van der Waals surface area contributed by atoms with Crippen molar-refractivity contribution in [1.82, 2.24) is 14.7 Å². The number of carbonyl (C=O) groups is 2. The Hall–Kier alpha value is -2.83. The highest BCUT2D eigenvalue weighted by molar-refractivity contribution is 6.36. The van der Waals surface area contributed by atoms with E-state index in [1.54, 1.807) is 34.0 Å². The highest BCUT2D eigenvalue weighted by atomic mass is 35.5. The van der Waals surface area contributed by atoms with E-state index in [2.05, 4.69) is 10.4 Å². The molecule has 1 N–H and O–H groups in total. The molecule has 2 aromatic carbocycles. The molecule has 0 spiro atoms. The summed E-state index contributed by atoms with van der Waals surface area (Å²) in [5, 5.41) is 7.97. The average molecular weight is 443 g/mol. The smallest absolute Gasteiger partial charge is 0.257 e. The van der Waals surface area contributed by atoms with E-state index in [4.69, 9.17) is 23.2 Å². The van der Waals surface area contributed by atoms with Crippen molar-refractivity contribution in [2.45, 2.75) is 25.3 Å². The van der Waals surface area contributed by atoms with Gasteiger partial charge in [0.15, 0.2) is 0 Å². The number of para-hydroxylation sites is 1. The Morgan fingerprint density at radius 2 is 1.87 bits per heavy atom. The van der Waals surface area contributed by atoms with E-state index in [0.717, 1.165) is 18.5 Å². The van der Waals surface area contributed by atoms with Crippen LogP contribution in [0, 0.1) is 0 Å². The van der Waals surface area contributed by atoms with Gasteiger partial charge in [-0.3, -0.25) is 9.59 Å². The summed E-state index contributed by atoms with van der Waals surface area (Å²) < 4.78 is 1.65. The van der Waals surface area contributed by atoms with Crippen LogP contribution in [0.2, 0.25) is 10.0 Å². The molecule has 0 aliphatic carbocycles. The Bertz CT molecular complexity index is 1070. The molecule has 30 heavy (non-hydrogen) atoms. The van der Waals surface area contributed by atoms with Crippen LogP contribution in [0.4, 0.5) is 5.69 Å². The summed E-state index contributed by atoms with van der Waals surface area (Å²) >= 11 is 12.1. The summed E-state index contributed by atoms with van der Waals surface area (Å²) in [6.45, 7) is 0.516. The van der Waals surface area contributed by atoms with Crippen LogP contribution >= 0.6 is 23.2 Å². The molecule has 2 heterocycles. The molecule has 0 saturated carbocycles. The van der Waals surface area contributed by atoms with Gasteiger partial charge in [-0.1, -0.05) is 41.4 Å². The first-order valence-electron chi connectivity index (χ1n) is 9.70. The molecular weight excluding hydrogens is 423 g/mol. The molecule has 3 aromatic rings. The zero-order valence-corrected chi connectivity index (χ0v) is 17.6. The standard InChI is InChI=1S/C22H20Cl2N4O2/c23-16-9-10-19(18(24)12-16)26-21(29)20-8-4-5-11-27(20)22(30)15-13-25-28(14-15)17-6-2-1-3-7-17/h1-3,6-7,9-10,12-14,20H,4-5,8,11H2,(H,26,29). The van der Waals surface area contributed by atoms with Crippen molar-refractivity contribution in [2.24, 2.45) is 0 Å². The lowest BCUT2D eigenvalue weighted by atomic mass is 10.0. The van der Waals surface area contributed by atoms with Crippen molar-refractivity contribution < 1.29 is 9.59 Å². The van der Waals surface area contributed by atoms with Crippen LogP contribution in [0.15, 0.2) is 60.9 Å². The van der Waals surface area contributed by atoms with Crippen molar-refractivity contribution in [2.75, 3.05) is 11.9 Å². The molecule has 1 aliphatic rings. The molecular formula is C22H20Cl2N4O2. The zero-order valence-electron chi connectivity index (χ0n) is 16.1. The lowest BCUT2D eigenvalue weighted by Crippen LogP contribution is -2.50. The Morgan fingerprint density at radius 3 is 2.63 bits per heavy atom. The second kappa shape index (κ2) is 8.90. The van der Waals surface area contributed by atoms with E-state index in [0.29, 0.717) is 34.3 Å². The third kappa shape index (κ3) is 4.35. The number of carbonyl (C=O) groups excluding carboxylic acids is 2. The molecule has 1 atom stereocenters. The van der Waals surface area contributed by atoms with Gasteiger partial charge in [0.25, 0.3) is 5.91 Å². The second-order valence-electron chi connectivity index (χ2n) is 7.13. The quantitative estimate of drug-likeness (QED) is 0.629. The van der Waals surface area contributed by atoms with Crippen molar-refractivity contribution >= 4 is 40.7 Å². The molecule has 6 nitrogen and oxygen atoms in total. The first kappa shape index (κ1) is 20.4. The summed E-state index contributed by atoms with van der Waals surface area (Å²) in [5.41, 5.74) is 1.78. The van der Waals surface area contributed by atoms with Gasteiger partial charge >= 0.3 is 0 Å². The fraction of sp³-hybridized carbons (Fsp3) is 0.227. The Morgan fingerprint density at radius 1 is 1.07 bits per heavy atom. The number of rotatable bonds is 4. The first-order valence-corrected chi connectivity index (χ1v) is 10.5. The Labute approximate surface area is 184 Å². The highest BCUT2D eigenvalue weighted by Crippen LogP contribution is 2.27.